The average Bonchev–Trinajstić information content (AvgIpc) is 3.12. The minimum Gasteiger partial charge on any atom is -0.379 e. The summed E-state index contributed by atoms with van der Waals surface area (Å²) in [4.78, 5) is 14.2. The van der Waals surface area contributed by atoms with Gasteiger partial charge in [0.1, 0.15) is 0 Å². The minimum atomic E-state index is -0.148. The molecule has 0 aliphatic carbocycles. The predicted octanol–water partition coefficient (Wildman–Crippen LogP) is 1.70. The van der Waals surface area contributed by atoms with Crippen molar-refractivity contribution in [1.29, 1.82) is 0 Å². The van der Waals surface area contributed by atoms with Crippen molar-refractivity contribution in [1.82, 2.24) is 4.90 Å². The minimum absolute atomic E-state index is 0.148. The number of carbonyl (C=O) groups excluding carboxylic acids is 1. The predicted molar refractivity (Wildman–Crippen MR) is 73.3 cm³/mol. The summed E-state index contributed by atoms with van der Waals surface area (Å²) < 4.78 is 11.3. The molecular weight excluding hydrogens is 262 g/mol. The third-order valence-electron chi connectivity index (χ3n) is 4.11. The maximum Gasteiger partial charge on any atom is 0.227 e. The summed E-state index contributed by atoms with van der Waals surface area (Å²) in [5.74, 6) is 0.208. The van der Waals surface area contributed by atoms with Crippen molar-refractivity contribution < 1.29 is 14.3 Å². The van der Waals surface area contributed by atoms with Gasteiger partial charge in [-0.1, -0.05) is 0 Å². The molecule has 0 saturated carbocycles. The largest absolute Gasteiger partial charge is 0.379 e. The number of nitrogens with zero attached hydrogens (tertiary/aromatic N) is 1. The lowest BCUT2D eigenvalue weighted by Gasteiger charge is -2.23. The molecule has 0 aromatic carbocycles. The van der Waals surface area contributed by atoms with E-state index in [1.165, 1.54) is 0 Å². The molecule has 1 aromatic rings. The van der Waals surface area contributed by atoms with Gasteiger partial charge in [-0.15, -0.1) is 0 Å². The molecule has 2 saturated heterocycles. The first-order valence-corrected chi connectivity index (χ1v) is 7.61. The molecule has 0 N–H and O–H groups in total. The van der Waals surface area contributed by atoms with E-state index in [0.717, 1.165) is 31.5 Å². The van der Waals surface area contributed by atoms with Gasteiger partial charge in [-0.05, 0) is 28.8 Å². The fourth-order valence-corrected chi connectivity index (χ4v) is 3.64. The summed E-state index contributed by atoms with van der Waals surface area (Å²) in [6, 6.07) is 2.02. The molecule has 4 nitrogen and oxygen atoms in total. The zero-order valence-corrected chi connectivity index (χ0v) is 11.9. The highest BCUT2D eigenvalue weighted by atomic mass is 32.1. The van der Waals surface area contributed by atoms with Gasteiger partial charge in [0.25, 0.3) is 0 Å². The molecule has 0 radical (unpaired) electrons. The van der Waals surface area contributed by atoms with Gasteiger partial charge >= 0.3 is 0 Å². The third kappa shape index (κ3) is 2.68. The van der Waals surface area contributed by atoms with E-state index >= 15 is 0 Å². The maximum atomic E-state index is 12.2. The van der Waals surface area contributed by atoms with Crippen LogP contribution < -0.4 is 0 Å². The number of hydrogen-bond donors (Lipinski definition) is 0. The Balaban J connectivity index is 1.58. The molecule has 19 heavy (non-hydrogen) atoms. The number of amides is 1. The number of rotatable bonds is 3. The second kappa shape index (κ2) is 5.23. The number of hydrogen-bond acceptors (Lipinski definition) is 4. The Labute approximate surface area is 117 Å². The van der Waals surface area contributed by atoms with Crippen LogP contribution in [0, 0.1) is 0 Å². The molecule has 2 atom stereocenters. The van der Waals surface area contributed by atoms with Crippen molar-refractivity contribution in [3.63, 3.8) is 0 Å². The molecule has 1 amide bonds. The normalized spacial score (nSPS) is 30.4. The molecule has 3 heterocycles. The van der Waals surface area contributed by atoms with Crippen LogP contribution in [0.25, 0.3) is 0 Å². The smallest absolute Gasteiger partial charge is 0.227 e. The summed E-state index contributed by atoms with van der Waals surface area (Å²) in [6.07, 6.45) is 2.54. The Morgan fingerprint density at radius 3 is 3.26 bits per heavy atom. The Morgan fingerprint density at radius 2 is 2.58 bits per heavy atom. The van der Waals surface area contributed by atoms with Crippen LogP contribution in [0.2, 0.25) is 0 Å². The molecule has 2 aliphatic heterocycles. The fourth-order valence-electron chi connectivity index (χ4n) is 2.98. The standard InChI is InChI=1S/C14H19NO3S/c1-17-12-7-14(18-8-12)3-4-15(10-14)13(16)6-11-2-5-19-9-11/h2,5,9,12H,3-4,6-8,10H2,1H3/t12-,14-/m0/s1. The molecule has 5 heteroatoms. The monoisotopic (exact) mass is 281 g/mol. The topological polar surface area (TPSA) is 38.8 Å². The molecule has 1 aromatic heterocycles. The summed E-state index contributed by atoms with van der Waals surface area (Å²) in [5.41, 5.74) is 0.961. The number of thiophene rings is 1. The second-order valence-electron chi connectivity index (χ2n) is 5.43. The molecule has 3 rings (SSSR count). The van der Waals surface area contributed by atoms with Gasteiger partial charge in [0.05, 0.1) is 24.7 Å². The molecule has 104 valence electrons. The molecule has 1 spiro atoms. The SMILES string of the molecule is CO[C@@H]1CO[C@@]2(CCN(C(=O)Cc3ccsc3)C2)C1. The Kier molecular flexibility index (Phi) is 3.60. The first kappa shape index (κ1) is 13.1. The van der Waals surface area contributed by atoms with E-state index < -0.39 is 0 Å². The van der Waals surface area contributed by atoms with E-state index in [2.05, 4.69) is 0 Å². The van der Waals surface area contributed by atoms with Gasteiger partial charge in [-0.2, -0.15) is 11.3 Å². The summed E-state index contributed by atoms with van der Waals surface area (Å²) in [7, 11) is 1.72. The van der Waals surface area contributed by atoms with Gasteiger partial charge in [-0.3, -0.25) is 4.79 Å². The van der Waals surface area contributed by atoms with Gasteiger partial charge in [-0.25, -0.2) is 0 Å². The third-order valence-corrected chi connectivity index (χ3v) is 4.84. The van der Waals surface area contributed by atoms with Crippen LogP contribution in [-0.2, 0) is 20.7 Å². The number of ether oxygens (including phenoxy) is 2. The van der Waals surface area contributed by atoms with Gasteiger partial charge in [0.2, 0.25) is 5.91 Å². The van der Waals surface area contributed by atoms with Crippen molar-refractivity contribution >= 4 is 17.2 Å². The van der Waals surface area contributed by atoms with Crippen molar-refractivity contribution in [2.45, 2.75) is 31.0 Å². The van der Waals surface area contributed by atoms with E-state index in [4.69, 9.17) is 9.47 Å². The number of likely N-dealkylation sites (tertiary alicyclic amines) is 1. The van der Waals surface area contributed by atoms with E-state index in [9.17, 15) is 4.79 Å². The highest BCUT2D eigenvalue weighted by Gasteiger charge is 2.46. The number of methoxy groups -OCH3 is 1. The highest BCUT2D eigenvalue weighted by Crippen LogP contribution is 2.36. The van der Waals surface area contributed by atoms with E-state index in [1.807, 2.05) is 21.7 Å². The van der Waals surface area contributed by atoms with Crippen LogP contribution in [0.5, 0.6) is 0 Å². The zero-order valence-electron chi connectivity index (χ0n) is 11.1. The lowest BCUT2D eigenvalue weighted by atomic mass is 9.98. The van der Waals surface area contributed by atoms with Crippen LogP contribution in [0.1, 0.15) is 18.4 Å². The van der Waals surface area contributed by atoms with Gasteiger partial charge < -0.3 is 14.4 Å². The Morgan fingerprint density at radius 1 is 1.68 bits per heavy atom. The summed E-state index contributed by atoms with van der Waals surface area (Å²) in [5, 5.41) is 4.05. The molecule has 0 unspecified atom stereocenters. The lowest BCUT2D eigenvalue weighted by Crippen LogP contribution is -2.36. The summed E-state index contributed by atoms with van der Waals surface area (Å²) >= 11 is 1.63. The quantitative estimate of drug-likeness (QED) is 0.846. The lowest BCUT2D eigenvalue weighted by molar-refractivity contribution is -0.130. The zero-order chi connectivity index (χ0) is 13.3. The van der Waals surface area contributed by atoms with Gasteiger partial charge in [0, 0.05) is 26.6 Å². The van der Waals surface area contributed by atoms with Crippen molar-refractivity contribution in [2.24, 2.45) is 0 Å². The van der Waals surface area contributed by atoms with Gasteiger partial charge in [0.15, 0.2) is 0 Å². The second-order valence-corrected chi connectivity index (χ2v) is 6.21. The van der Waals surface area contributed by atoms with E-state index in [1.54, 1.807) is 18.4 Å². The van der Waals surface area contributed by atoms with Crippen LogP contribution in [0.15, 0.2) is 16.8 Å². The fraction of sp³-hybridized carbons (Fsp3) is 0.643. The Hall–Kier alpha value is -0.910. The molecule has 0 bridgehead atoms. The highest BCUT2D eigenvalue weighted by molar-refractivity contribution is 7.07. The Bertz CT molecular complexity index is 448. The van der Waals surface area contributed by atoms with Crippen LogP contribution >= 0.6 is 11.3 Å². The van der Waals surface area contributed by atoms with E-state index in [-0.39, 0.29) is 17.6 Å². The van der Waals surface area contributed by atoms with Crippen molar-refractivity contribution in [3.8, 4) is 0 Å². The summed E-state index contributed by atoms with van der Waals surface area (Å²) in [6.45, 7) is 2.18. The maximum absolute atomic E-state index is 12.2. The first-order chi connectivity index (χ1) is 9.21. The van der Waals surface area contributed by atoms with Crippen LogP contribution in [-0.4, -0.2) is 49.3 Å². The molecular formula is C14H19NO3S. The molecule has 2 aliphatic rings. The van der Waals surface area contributed by atoms with Crippen molar-refractivity contribution in [3.05, 3.63) is 22.4 Å². The first-order valence-electron chi connectivity index (χ1n) is 6.66. The van der Waals surface area contributed by atoms with Crippen LogP contribution in [0.3, 0.4) is 0 Å². The van der Waals surface area contributed by atoms with Crippen molar-refractivity contribution in [2.75, 3.05) is 26.8 Å². The average molecular weight is 281 g/mol. The van der Waals surface area contributed by atoms with E-state index in [0.29, 0.717) is 13.0 Å². The number of carbonyl (C=O) groups is 1. The molecule has 2 fully saturated rings. The van der Waals surface area contributed by atoms with Crippen LogP contribution in [0.4, 0.5) is 0 Å².